The molecule has 2 aromatic carbocycles. The van der Waals surface area contributed by atoms with Crippen LogP contribution < -0.4 is 4.74 Å². The van der Waals surface area contributed by atoms with Crippen LogP contribution in [0.4, 0.5) is 0 Å². The lowest BCUT2D eigenvalue weighted by atomic mass is 9.95. The smallest absolute Gasteiger partial charge is 0.295 e. The zero-order chi connectivity index (χ0) is 27.5. The van der Waals surface area contributed by atoms with E-state index in [0.717, 1.165) is 24.3 Å². The molecule has 1 N–H and O–H groups in total. The van der Waals surface area contributed by atoms with Crippen LogP contribution in [0.5, 0.6) is 5.75 Å². The van der Waals surface area contributed by atoms with Crippen molar-refractivity contribution in [1.82, 2.24) is 19.6 Å². The highest BCUT2D eigenvalue weighted by atomic mass is 16.5. The number of aliphatic hydroxyl groups is 1. The molecule has 0 radical (unpaired) electrons. The van der Waals surface area contributed by atoms with Crippen LogP contribution in [-0.4, -0.2) is 81.9 Å². The average molecular weight is 531 g/mol. The molecule has 9 heteroatoms. The lowest BCUT2D eigenvalue weighted by molar-refractivity contribution is -0.140. The summed E-state index contributed by atoms with van der Waals surface area (Å²) in [4.78, 5) is 30.6. The van der Waals surface area contributed by atoms with Gasteiger partial charge in [-0.25, -0.2) is 4.68 Å². The monoisotopic (exact) mass is 530 g/mol. The SMILES string of the molecule is Cc1c(C(O)=C2C(=O)C(=O)N(CCN3CCOCC3)[C@H]2c2ccc(OC(C)C)cc2)cnn1-c1ccccc1. The highest BCUT2D eigenvalue weighted by Gasteiger charge is 2.46. The number of likely N-dealkylation sites (tertiary alicyclic amines) is 1. The van der Waals surface area contributed by atoms with Crippen molar-refractivity contribution in [2.45, 2.75) is 32.9 Å². The molecule has 2 aliphatic rings. The Bertz CT molecular complexity index is 1360. The zero-order valence-electron chi connectivity index (χ0n) is 22.5. The number of ether oxygens (including phenoxy) is 2. The molecule has 3 aromatic rings. The highest BCUT2D eigenvalue weighted by Crippen LogP contribution is 2.40. The van der Waals surface area contributed by atoms with Crippen LogP contribution in [0.25, 0.3) is 11.4 Å². The number of nitrogens with zero attached hydrogens (tertiary/aromatic N) is 4. The molecule has 5 rings (SSSR count). The van der Waals surface area contributed by atoms with E-state index in [0.29, 0.717) is 43.3 Å². The number of carbonyl (C=O) groups excluding carboxylic acids is 2. The Morgan fingerprint density at radius 1 is 1.05 bits per heavy atom. The fourth-order valence-corrected chi connectivity index (χ4v) is 5.15. The van der Waals surface area contributed by atoms with Gasteiger partial charge in [-0.05, 0) is 50.6 Å². The van der Waals surface area contributed by atoms with Gasteiger partial charge >= 0.3 is 0 Å². The first-order chi connectivity index (χ1) is 18.8. The van der Waals surface area contributed by atoms with Crippen LogP contribution in [-0.2, 0) is 14.3 Å². The predicted molar refractivity (Wildman–Crippen MR) is 147 cm³/mol. The Morgan fingerprint density at radius 3 is 2.41 bits per heavy atom. The maximum atomic E-state index is 13.5. The van der Waals surface area contributed by atoms with E-state index < -0.39 is 17.7 Å². The second kappa shape index (κ2) is 11.4. The minimum Gasteiger partial charge on any atom is -0.507 e. The molecule has 1 aromatic heterocycles. The zero-order valence-corrected chi connectivity index (χ0v) is 22.5. The van der Waals surface area contributed by atoms with Gasteiger partial charge in [0, 0.05) is 26.2 Å². The number of amides is 1. The molecule has 3 heterocycles. The molecule has 0 saturated carbocycles. The fourth-order valence-electron chi connectivity index (χ4n) is 5.15. The first kappa shape index (κ1) is 26.6. The van der Waals surface area contributed by atoms with E-state index in [-0.39, 0.29) is 17.4 Å². The van der Waals surface area contributed by atoms with Gasteiger partial charge in [-0.1, -0.05) is 30.3 Å². The van der Waals surface area contributed by atoms with E-state index in [9.17, 15) is 14.7 Å². The first-order valence-corrected chi connectivity index (χ1v) is 13.3. The highest BCUT2D eigenvalue weighted by molar-refractivity contribution is 6.46. The molecule has 2 aliphatic heterocycles. The molecule has 0 aliphatic carbocycles. The first-order valence-electron chi connectivity index (χ1n) is 13.3. The quantitative estimate of drug-likeness (QED) is 0.269. The Morgan fingerprint density at radius 2 is 1.74 bits per heavy atom. The van der Waals surface area contributed by atoms with Crippen LogP contribution in [0, 0.1) is 6.92 Å². The maximum Gasteiger partial charge on any atom is 0.295 e. The summed E-state index contributed by atoms with van der Waals surface area (Å²) in [5.41, 5.74) is 2.70. The van der Waals surface area contributed by atoms with Crippen LogP contribution in [0.1, 0.15) is 36.7 Å². The van der Waals surface area contributed by atoms with Crippen molar-refractivity contribution in [3.63, 3.8) is 0 Å². The standard InChI is InChI=1S/C30H34N4O5/c1-20(2)39-24-11-9-22(10-12-24)27-26(29(36)30(37)33(27)14-13-32-15-17-38-18-16-32)28(35)25-19-31-34(21(25)3)23-7-5-4-6-8-23/h4-12,19-20,27,35H,13-18H2,1-3H3/t27-/m0/s1. The van der Waals surface area contributed by atoms with Crippen molar-refractivity contribution >= 4 is 17.4 Å². The van der Waals surface area contributed by atoms with Crippen molar-refractivity contribution in [2.24, 2.45) is 0 Å². The third kappa shape index (κ3) is 5.46. The maximum absolute atomic E-state index is 13.5. The van der Waals surface area contributed by atoms with Crippen LogP contribution in [0.2, 0.25) is 0 Å². The number of para-hydroxylation sites is 1. The molecule has 1 amide bonds. The Kier molecular flexibility index (Phi) is 7.81. The van der Waals surface area contributed by atoms with E-state index in [1.807, 2.05) is 75.4 Å². The van der Waals surface area contributed by atoms with Gasteiger partial charge in [-0.2, -0.15) is 5.10 Å². The van der Waals surface area contributed by atoms with Crippen LogP contribution in [0.3, 0.4) is 0 Å². The van der Waals surface area contributed by atoms with E-state index in [1.54, 1.807) is 9.58 Å². The lowest BCUT2D eigenvalue weighted by Crippen LogP contribution is -2.42. The number of Topliss-reactive ketones (excluding diaryl/α,β-unsaturated/α-hetero) is 1. The summed E-state index contributed by atoms with van der Waals surface area (Å²) in [7, 11) is 0. The average Bonchev–Trinajstić information content (AvgIpc) is 3.45. The molecule has 9 nitrogen and oxygen atoms in total. The van der Waals surface area contributed by atoms with Gasteiger partial charge in [0.25, 0.3) is 11.7 Å². The number of benzene rings is 2. The number of morpholine rings is 1. The van der Waals surface area contributed by atoms with Gasteiger partial charge in [-0.15, -0.1) is 0 Å². The van der Waals surface area contributed by atoms with Gasteiger partial charge in [0.1, 0.15) is 11.5 Å². The lowest BCUT2D eigenvalue weighted by Gasteiger charge is -2.31. The molecular weight excluding hydrogens is 496 g/mol. The summed E-state index contributed by atoms with van der Waals surface area (Å²) in [6.07, 6.45) is 1.55. The molecule has 204 valence electrons. The van der Waals surface area contributed by atoms with E-state index in [4.69, 9.17) is 9.47 Å². The summed E-state index contributed by atoms with van der Waals surface area (Å²) >= 11 is 0. The minimum absolute atomic E-state index is 0.0131. The van der Waals surface area contributed by atoms with E-state index in [1.165, 1.54) is 6.20 Å². The Hall–Kier alpha value is -3.95. The summed E-state index contributed by atoms with van der Waals surface area (Å²) < 4.78 is 12.9. The van der Waals surface area contributed by atoms with Crippen molar-refractivity contribution < 1.29 is 24.2 Å². The number of ketones is 1. The molecule has 2 fully saturated rings. The number of aliphatic hydroxyl groups excluding tert-OH is 1. The van der Waals surface area contributed by atoms with Gasteiger partial charge in [0.05, 0.1) is 54.1 Å². The predicted octanol–water partition coefficient (Wildman–Crippen LogP) is 3.72. The summed E-state index contributed by atoms with van der Waals surface area (Å²) in [6.45, 7) is 9.51. The Balaban J connectivity index is 1.54. The summed E-state index contributed by atoms with van der Waals surface area (Å²) in [6, 6.07) is 16.2. The van der Waals surface area contributed by atoms with Crippen molar-refractivity contribution in [3.8, 4) is 11.4 Å². The third-order valence-electron chi connectivity index (χ3n) is 7.13. The molecule has 39 heavy (non-hydrogen) atoms. The number of carbonyl (C=O) groups is 2. The second-order valence-electron chi connectivity index (χ2n) is 10.1. The third-order valence-corrected chi connectivity index (χ3v) is 7.13. The normalized spacial score (nSPS) is 19.7. The van der Waals surface area contributed by atoms with E-state index >= 15 is 0 Å². The van der Waals surface area contributed by atoms with Crippen LogP contribution in [0.15, 0.2) is 66.4 Å². The van der Waals surface area contributed by atoms with Gasteiger partial charge in [-0.3, -0.25) is 14.5 Å². The molecule has 0 unspecified atom stereocenters. The fraction of sp³-hybridized carbons (Fsp3) is 0.367. The topological polar surface area (TPSA) is 97.1 Å². The number of hydrogen-bond acceptors (Lipinski definition) is 7. The van der Waals surface area contributed by atoms with Gasteiger partial charge in [0.15, 0.2) is 0 Å². The summed E-state index contributed by atoms with van der Waals surface area (Å²) in [5.74, 6) is -0.854. The van der Waals surface area contributed by atoms with Gasteiger partial charge < -0.3 is 19.5 Å². The molecular formula is C30H34N4O5. The molecule has 1 atom stereocenters. The second-order valence-corrected chi connectivity index (χ2v) is 10.1. The minimum atomic E-state index is -0.737. The van der Waals surface area contributed by atoms with Crippen molar-refractivity contribution in [1.29, 1.82) is 0 Å². The number of rotatable bonds is 8. The number of aromatic nitrogens is 2. The van der Waals surface area contributed by atoms with Crippen molar-refractivity contribution in [3.05, 3.63) is 83.2 Å². The molecule has 0 spiro atoms. The Labute approximate surface area is 228 Å². The number of hydrogen-bond donors (Lipinski definition) is 1. The molecule has 2 saturated heterocycles. The van der Waals surface area contributed by atoms with Crippen molar-refractivity contribution in [2.75, 3.05) is 39.4 Å². The van der Waals surface area contributed by atoms with Crippen LogP contribution >= 0.6 is 0 Å². The largest absolute Gasteiger partial charge is 0.507 e. The van der Waals surface area contributed by atoms with Gasteiger partial charge in [0.2, 0.25) is 0 Å². The molecule has 0 bridgehead atoms. The van der Waals surface area contributed by atoms with E-state index in [2.05, 4.69) is 10.00 Å². The summed E-state index contributed by atoms with van der Waals surface area (Å²) in [5, 5.41) is 16.0.